The van der Waals surface area contributed by atoms with Crippen LogP contribution in [0.4, 0.5) is 11.4 Å². The van der Waals surface area contributed by atoms with Crippen molar-refractivity contribution in [2.75, 3.05) is 49.0 Å². The molecule has 36 heavy (non-hydrogen) atoms. The molecule has 1 amide bonds. The molecule has 1 saturated heterocycles. The number of amides is 1. The molecule has 1 aliphatic rings. The van der Waals surface area contributed by atoms with Crippen LogP contribution in [0, 0.1) is 20.8 Å². The molecule has 190 valence electrons. The summed E-state index contributed by atoms with van der Waals surface area (Å²) in [5.74, 6) is 0.395. The SMILES string of the molecule is COc1ccc(S(=O)(=O)N(CC(=O)N2CCN(c3cccc(C)c3C)CC2)c2ccccc2)cc1C. The Morgan fingerprint density at radius 3 is 2.22 bits per heavy atom. The largest absolute Gasteiger partial charge is 0.496 e. The molecule has 0 bridgehead atoms. The molecule has 0 radical (unpaired) electrons. The lowest BCUT2D eigenvalue weighted by molar-refractivity contribution is -0.129. The average molecular weight is 508 g/mol. The Morgan fingerprint density at radius 1 is 0.889 bits per heavy atom. The Bertz CT molecular complexity index is 1330. The van der Waals surface area contributed by atoms with Crippen LogP contribution in [0.5, 0.6) is 5.75 Å². The Hall–Kier alpha value is -3.52. The number of carbonyl (C=O) groups excluding carboxylic acids is 1. The minimum Gasteiger partial charge on any atom is -0.496 e. The van der Waals surface area contributed by atoms with E-state index < -0.39 is 10.0 Å². The van der Waals surface area contributed by atoms with E-state index in [1.54, 1.807) is 55.3 Å². The molecular formula is C28H33N3O4S. The number of aryl methyl sites for hydroxylation is 2. The highest BCUT2D eigenvalue weighted by Crippen LogP contribution is 2.28. The standard InChI is InChI=1S/C28H33N3O4S/c1-21-9-8-12-26(23(21)3)29-15-17-30(18-16-29)28(32)20-31(24-10-6-5-7-11-24)36(33,34)25-13-14-27(35-4)22(2)19-25/h5-14,19H,15-18,20H2,1-4H3. The normalized spacial score (nSPS) is 14.0. The molecule has 7 nitrogen and oxygen atoms in total. The summed E-state index contributed by atoms with van der Waals surface area (Å²) in [7, 11) is -2.43. The summed E-state index contributed by atoms with van der Waals surface area (Å²) in [4.78, 5) is 17.5. The van der Waals surface area contributed by atoms with Gasteiger partial charge in [-0.25, -0.2) is 8.42 Å². The molecule has 0 atom stereocenters. The van der Waals surface area contributed by atoms with Gasteiger partial charge in [-0.1, -0.05) is 30.3 Å². The first kappa shape index (κ1) is 25.6. The molecule has 0 saturated carbocycles. The summed E-state index contributed by atoms with van der Waals surface area (Å²) >= 11 is 0. The van der Waals surface area contributed by atoms with E-state index in [1.807, 2.05) is 6.07 Å². The van der Waals surface area contributed by atoms with Crippen molar-refractivity contribution in [3.05, 3.63) is 83.4 Å². The highest BCUT2D eigenvalue weighted by Gasteiger charge is 2.30. The van der Waals surface area contributed by atoms with E-state index in [9.17, 15) is 13.2 Å². The fraction of sp³-hybridized carbons (Fsp3) is 0.321. The molecule has 1 heterocycles. The topological polar surface area (TPSA) is 70.2 Å². The molecule has 0 aliphatic carbocycles. The number of carbonyl (C=O) groups is 1. The van der Waals surface area contributed by atoms with E-state index in [-0.39, 0.29) is 17.3 Å². The molecule has 1 fully saturated rings. The van der Waals surface area contributed by atoms with Gasteiger partial charge in [-0.15, -0.1) is 0 Å². The molecule has 4 rings (SSSR count). The van der Waals surface area contributed by atoms with Crippen LogP contribution in [-0.4, -0.2) is 59.1 Å². The van der Waals surface area contributed by atoms with E-state index in [1.165, 1.54) is 27.2 Å². The zero-order valence-corrected chi connectivity index (χ0v) is 22.1. The number of rotatable bonds is 7. The highest BCUT2D eigenvalue weighted by atomic mass is 32.2. The Labute approximate surface area is 214 Å². The zero-order valence-electron chi connectivity index (χ0n) is 21.3. The highest BCUT2D eigenvalue weighted by molar-refractivity contribution is 7.92. The van der Waals surface area contributed by atoms with Crippen molar-refractivity contribution in [1.82, 2.24) is 4.90 Å². The van der Waals surface area contributed by atoms with E-state index in [0.29, 0.717) is 43.2 Å². The predicted molar refractivity (Wildman–Crippen MR) is 143 cm³/mol. The lowest BCUT2D eigenvalue weighted by Crippen LogP contribution is -2.52. The number of hydrogen-bond acceptors (Lipinski definition) is 5. The number of benzene rings is 3. The van der Waals surface area contributed by atoms with Crippen LogP contribution in [0.1, 0.15) is 16.7 Å². The molecule has 8 heteroatoms. The summed E-state index contributed by atoms with van der Waals surface area (Å²) in [5.41, 5.74) is 4.83. The van der Waals surface area contributed by atoms with Crippen molar-refractivity contribution < 1.29 is 17.9 Å². The van der Waals surface area contributed by atoms with Crippen molar-refractivity contribution in [2.24, 2.45) is 0 Å². The molecule has 3 aromatic carbocycles. The van der Waals surface area contributed by atoms with Gasteiger partial charge in [-0.3, -0.25) is 9.10 Å². The van der Waals surface area contributed by atoms with Crippen LogP contribution in [0.2, 0.25) is 0 Å². The smallest absolute Gasteiger partial charge is 0.264 e. The summed E-state index contributed by atoms with van der Waals surface area (Å²) in [6, 6.07) is 19.8. The van der Waals surface area contributed by atoms with Gasteiger partial charge in [-0.2, -0.15) is 0 Å². The second-order valence-electron chi connectivity index (χ2n) is 9.07. The van der Waals surface area contributed by atoms with Crippen LogP contribution >= 0.6 is 0 Å². The minimum absolute atomic E-state index is 0.122. The van der Waals surface area contributed by atoms with Gasteiger partial charge in [0.1, 0.15) is 12.3 Å². The predicted octanol–water partition coefficient (Wildman–Crippen LogP) is 4.16. The number of para-hydroxylation sites is 1. The fourth-order valence-corrected chi connectivity index (χ4v) is 6.05. The number of nitrogens with zero attached hydrogens (tertiary/aromatic N) is 3. The molecule has 3 aromatic rings. The van der Waals surface area contributed by atoms with E-state index in [4.69, 9.17) is 4.74 Å². The minimum atomic E-state index is -3.98. The number of ether oxygens (including phenoxy) is 1. The third kappa shape index (κ3) is 5.18. The quantitative estimate of drug-likeness (QED) is 0.480. The average Bonchev–Trinajstić information content (AvgIpc) is 2.89. The maximum absolute atomic E-state index is 13.7. The number of methoxy groups -OCH3 is 1. The summed E-state index contributed by atoms with van der Waals surface area (Å²) in [6.07, 6.45) is 0. The van der Waals surface area contributed by atoms with Crippen molar-refractivity contribution >= 4 is 27.3 Å². The van der Waals surface area contributed by atoms with Crippen molar-refractivity contribution in [3.63, 3.8) is 0 Å². The molecule has 1 aliphatic heterocycles. The van der Waals surface area contributed by atoms with E-state index >= 15 is 0 Å². The first-order valence-corrected chi connectivity index (χ1v) is 13.5. The number of hydrogen-bond donors (Lipinski definition) is 0. The van der Waals surface area contributed by atoms with Crippen LogP contribution in [0.15, 0.2) is 71.6 Å². The van der Waals surface area contributed by atoms with Gasteiger partial charge in [0, 0.05) is 31.9 Å². The third-order valence-corrected chi connectivity index (χ3v) is 8.60. The monoisotopic (exact) mass is 507 g/mol. The first-order valence-electron chi connectivity index (χ1n) is 12.0. The Balaban J connectivity index is 1.54. The molecule has 0 unspecified atom stereocenters. The molecule has 0 spiro atoms. The molecule has 0 N–H and O–H groups in total. The number of anilines is 2. The van der Waals surface area contributed by atoms with Gasteiger partial charge >= 0.3 is 0 Å². The maximum Gasteiger partial charge on any atom is 0.264 e. The van der Waals surface area contributed by atoms with Crippen LogP contribution in [0.25, 0.3) is 0 Å². The van der Waals surface area contributed by atoms with Gasteiger partial charge < -0.3 is 14.5 Å². The molecule has 0 aromatic heterocycles. The van der Waals surface area contributed by atoms with Crippen LogP contribution < -0.4 is 13.9 Å². The Kier molecular flexibility index (Phi) is 7.54. The Morgan fingerprint density at radius 2 is 1.58 bits per heavy atom. The van der Waals surface area contributed by atoms with Crippen molar-refractivity contribution in [3.8, 4) is 5.75 Å². The van der Waals surface area contributed by atoms with Gasteiger partial charge in [0.2, 0.25) is 5.91 Å². The van der Waals surface area contributed by atoms with Crippen LogP contribution in [0.3, 0.4) is 0 Å². The van der Waals surface area contributed by atoms with Crippen molar-refractivity contribution in [2.45, 2.75) is 25.7 Å². The number of sulfonamides is 1. The van der Waals surface area contributed by atoms with Gasteiger partial charge in [-0.05, 0) is 73.9 Å². The van der Waals surface area contributed by atoms with Gasteiger partial charge in [0.25, 0.3) is 10.0 Å². The van der Waals surface area contributed by atoms with Gasteiger partial charge in [0.05, 0.1) is 17.7 Å². The fourth-order valence-electron chi connectivity index (χ4n) is 4.55. The zero-order chi connectivity index (χ0) is 25.9. The van der Waals surface area contributed by atoms with Crippen molar-refractivity contribution in [1.29, 1.82) is 0 Å². The lowest BCUT2D eigenvalue weighted by atomic mass is 10.1. The molecular weight excluding hydrogens is 474 g/mol. The summed E-state index contributed by atoms with van der Waals surface area (Å²) in [6.45, 7) is 8.23. The summed E-state index contributed by atoms with van der Waals surface area (Å²) in [5, 5.41) is 0. The van der Waals surface area contributed by atoms with E-state index in [0.717, 1.165) is 0 Å². The second kappa shape index (κ2) is 10.6. The first-order chi connectivity index (χ1) is 17.2. The maximum atomic E-state index is 13.7. The summed E-state index contributed by atoms with van der Waals surface area (Å²) < 4.78 is 33.9. The lowest BCUT2D eigenvalue weighted by Gasteiger charge is -2.38. The second-order valence-corrected chi connectivity index (χ2v) is 10.9. The van der Waals surface area contributed by atoms with E-state index in [2.05, 4.69) is 36.9 Å². The number of piperazine rings is 1. The van der Waals surface area contributed by atoms with Crippen LogP contribution in [-0.2, 0) is 14.8 Å². The third-order valence-electron chi connectivity index (χ3n) is 6.83. The van der Waals surface area contributed by atoms with Gasteiger partial charge in [0.15, 0.2) is 0 Å².